The summed E-state index contributed by atoms with van der Waals surface area (Å²) in [5, 5.41) is 11.1. The molecule has 0 aliphatic carbocycles. The van der Waals surface area contributed by atoms with E-state index in [2.05, 4.69) is 32.1 Å². The normalized spacial score (nSPS) is 19.1. The maximum Gasteiger partial charge on any atom is 0.182 e. The first-order valence-electron chi connectivity index (χ1n) is 6.56. The number of hydrogen-bond donors (Lipinski definition) is 1. The Kier molecular flexibility index (Phi) is 4.53. The second-order valence-electron chi connectivity index (χ2n) is 5.13. The average Bonchev–Trinajstić information content (AvgIpc) is 2.82. The Morgan fingerprint density at radius 1 is 1.58 bits per heavy atom. The van der Waals surface area contributed by atoms with E-state index >= 15 is 0 Å². The molecule has 0 amide bonds. The summed E-state index contributed by atoms with van der Waals surface area (Å²) < 4.78 is 0. The molecule has 6 heteroatoms. The lowest BCUT2D eigenvalue weighted by Crippen LogP contribution is -2.23. The van der Waals surface area contributed by atoms with Gasteiger partial charge in [0, 0.05) is 26.2 Å². The highest BCUT2D eigenvalue weighted by Crippen LogP contribution is 2.20. The van der Waals surface area contributed by atoms with Crippen molar-refractivity contribution in [1.29, 1.82) is 5.26 Å². The van der Waals surface area contributed by atoms with Gasteiger partial charge >= 0.3 is 0 Å². The predicted octanol–water partition coefficient (Wildman–Crippen LogP) is 1.15. The summed E-state index contributed by atoms with van der Waals surface area (Å²) in [6.07, 6.45) is 5.81. The fourth-order valence-corrected chi connectivity index (χ4v) is 2.43. The number of nitrogens with zero attached hydrogens (tertiary/aromatic N) is 5. The summed E-state index contributed by atoms with van der Waals surface area (Å²) in [5.74, 6) is 2.17. The van der Waals surface area contributed by atoms with Crippen molar-refractivity contribution < 1.29 is 0 Å². The van der Waals surface area contributed by atoms with Crippen molar-refractivity contribution in [2.75, 3.05) is 43.9 Å². The van der Waals surface area contributed by atoms with Gasteiger partial charge in [-0.1, -0.05) is 0 Å². The molecule has 102 valence electrons. The van der Waals surface area contributed by atoms with Gasteiger partial charge < -0.3 is 9.80 Å². The molecule has 0 saturated carbocycles. The van der Waals surface area contributed by atoms with Crippen LogP contribution in [0.4, 0.5) is 11.6 Å². The standard InChI is InChI=1S/C13H20N6/c1-18-5-3-11(8-18)4-6-19(2)13-7-12(15-9-14)16-10-17-13/h7,10-11H,3-6,8H2,1-2H3,(H,15,16,17). The molecule has 2 rings (SSSR count). The zero-order chi connectivity index (χ0) is 13.7. The van der Waals surface area contributed by atoms with Crippen LogP contribution in [0.1, 0.15) is 12.8 Å². The molecule has 1 aliphatic heterocycles. The van der Waals surface area contributed by atoms with Crippen LogP contribution in [0, 0.1) is 17.4 Å². The largest absolute Gasteiger partial charge is 0.360 e. The van der Waals surface area contributed by atoms with Gasteiger partial charge in [-0.2, -0.15) is 5.26 Å². The van der Waals surface area contributed by atoms with Crippen LogP contribution in [-0.2, 0) is 0 Å². The first-order chi connectivity index (χ1) is 9.19. The van der Waals surface area contributed by atoms with Crippen LogP contribution in [-0.4, -0.2) is 48.6 Å². The Morgan fingerprint density at radius 3 is 3.11 bits per heavy atom. The third-order valence-corrected chi connectivity index (χ3v) is 3.59. The van der Waals surface area contributed by atoms with Gasteiger partial charge in [0.25, 0.3) is 0 Å². The van der Waals surface area contributed by atoms with E-state index in [4.69, 9.17) is 5.26 Å². The van der Waals surface area contributed by atoms with E-state index in [0.717, 1.165) is 18.3 Å². The second kappa shape index (κ2) is 6.34. The molecule has 0 spiro atoms. The number of nitriles is 1. The maximum absolute atomic E-state index is 8.58. The Hall–Kier alpha value is -1.87. The lowest BCUT2D eigenvalue weighted by Gasteiger charge is -2.20. The first-order valence-corrected chi connectivity index (χ1v) is 6.56. The van der Waals surface area contributed by atoms with Crippen LogP contribution >= 0.6 is 0 Å². The van der Waals surface area contributed by atoms with E-state index < -0.39 is 0 Å². The van der Waals surface area contributed by atoms with Crippen molar-refractivity contribution in [3.05, 3.63) is 12.4 Å². The van der Waals surface area contributed by atoms with Crippen LogP contribution in [0.2, 0.25) is 0 Å². The molecule has 0 bridgehead atoms. The summed E-state index contributed by atoms with van der Waals surface area (Å²) in [4.78, 5) is 12.7. The monoisotopic (exact) mass is 260 g/mol. The number of nitrogens with one attached hydrogen (secondary N) is 1. The summed E-state index contributed by atoms with van der Waals surface area (Å²) in [6.45, 7) is 3.37. The minimum atomic E-state index is 0.542. The maximum atomic E-state index is 8.58. The molecule has 1 N–H and O–H groups in total. The van der Waals surface area contributed by atoms with Crippen molar-refractivity contribution in [3.8, 4) is 6.19 Å². The minimum Gasteiger partial charge on any atom is -0.360 e. The molecule has 1 fully saturated rings. The quantitative estimate of drug-likeness (QED) is 0.632. The fourth-order valence-electron chi connectivity index (χ4n) is 2.43. The molecule has 19 heavy (non-hydrogen) atoms. The van der Waals surface area contributed by atoms with E-state index in [-0.39, 0.29) is 0 Å². The zero-order valence-electron chi connectivity index (χ0n) is 11.5. The molecular formula is C13H20N6. The Labute approximate surface area is 114 Å². The van der Waals surface area contributed by atoms with Crippen molar-refractivity contribution in [3.63, 3.8) is 0 Å². The van der Waals surface area contributed by atoms with Gasteiger partial charge in [-0.15, -0.1) is 0 Å². The predicted molar refractivity (Wildman–Crippen MR) is 74.8 cm³/mol. The molecule has 1 atom stereocenters. The van der Waals surface area contributed by atoms with E-state index in [0.29, 0.717) is 5.82 Å². The summed E-state index contributed by atoms with van der Waals surface area (Å²) in [5.41, 5.74) is 0. The van der Waals surface area contributed by atoms with Crippen LogP contribution in [0.25, 0.3) is 0 Å². The number of hydrogen-bond acceptors (Lipinski definition) is 6. The van der Waals surface area contributed by atoms with E-state index in [9.17, 15) is 0 Å². The van der Waals surface area contributed by atoms with Crippen LogP contribution in [0.15, 0.2) is 12.4 Å². The lowest BCUT2D eigenvalue weighted by atomic mass is 10.1. The lowest BCUT2D eigenvalue weighted by molar-refractivity contribution is 0.389. The molecule has 2 heterocycles. The molecule has 1 aliphatic rings. The van der Waals surface area contributed by atoms with Gasteiger partial charge in [0.15, 0.2) is 6.19 Å². The summed E-state index contributed by atoms with van der Waals surface area (Å²) in [7, 11) is 4.20. The fraction of sp³-hybridized carbons (Fsp3) is 0.615. The average molecular weight is 260 g/mol. The van der Waals surface area contributed by atoms with Crippen LogP contribution < -0.4 is 10.2 Å². The highest BCUT2D eigenvalue weighted by Gasteiger charge is 2.19. The molecule has 0 radical (unpaired) electrons. The number of likely N-dealkylation sites (tertiary alicyclic amines) is 1. The third kappa shape index (κ3) is 3.80. The van der Waals surface area contributed by atoms with Crippen LogP contribution in [0.5, 0.6) is 0 Å². The topological polar surface area (TPSA) is 68.1 Å². The molecule has 1 aromatic heterocycles. The minimum absolute atomic E-state index is 0.542. The highest BCUT2D eigenvalue weighted by molar-refractivity contribution is 5.49. The van der Waals surface area contributed by atoms with Crippen molar-refractivity contribution in [2.24, 2.45) is 5.92 Å². The highest BCUT2D eigenvalue weighted by atomic mass is 15.2. The Bertz CT molecular complexity index is 455. The SMILES string of the molecule is CN1CCC(CCN(C)c2cc(NC#N)ncn2)C1. The van der Waals surface area contributed by atoms with Crippen molar-refractivity contribution in [1.82, 2.24) is 14.9 Å². The van der Waals surface area contributed by atoms with Gasteiger partial charge in [0.1, 0.15) is 18.0 Å². The zero-order valence-corrected chi connectivity index (χ0v) is 11.5. The van der Waals surface area contributed by atoms with E-state index in [1.807, 2.05) is 13.2 Å². The molecule has 6 nitrogen and oxygen atoms in total. The van der Waals surface area contributed by atoms with Gasteiger partial charge in [0.05, 0.1) is 0 Å². The van der Waals surface area contributed by atoms with Crippen LogP contribution in [0.3, 0.4) is 0 Å². The third-order valence-electron chi connectivity index (χ3n) is 3.59. The second-order valence-corrected chi connectivity index (χ2v) is 5.13. The van der Waals surface area contributed by atoms with Gasteiger partial charge in [-0.25, -0.2) is 9.97 Å². The smallest absolute Gasteiger partial charge is 0.182 e. The molecule has 1 unspecified atom stereocenters. The summed E-state index contributed by atoms with van der Waals surface area (Å²) in [6, 6.07) is 1.80. The number of anilines is 2. The van der Waals surface area contributed by atoms with Crippen molar-refractivity contribution >= 4 is 11.6 Å². The van der Waals surface area contributed by atoms with E-state index in [1.165, 1.54) is 32.3 Å². The van der Waals surface area contributed by atoms with Gasteiger partial charge in [-0.05, 0) is 32.4 Å². The molecular weight excluding hydrogens is 240 g/mol. The van der Waals surface area contributed by atoms with Gasteiger partial charge in [0.2, 0.25) is 0 Å². The molecule has 1 saturated heterocycles. The number of rotatable bonds is 5. The molecule has 0 aromatic carbocycles. The molecule has 1 aromatic rings. The Morgan fingerprint density at radius 2 is 2.42 bits per heavy atom. The Balaban J connectivity index is 1.87. The van der Waals surface area contributed by atoms with E-state index in [1.54, 1.807) is 6.07 Å². The van der Waals surface area contributed by atoms with Crippen molar-refractivity contribution in [2.45, 2.75) is 12.8 Å². The number of aromatic nitrogens is 2. The summed E-state index contributed by atoms with van der Waals surface area (Å²) >= 11 is 0. The van der Waals surface area contributed by atoms with Gasteiger partial charge in [-0.3, -0.25) is 5.32 Å². The first kappa shape index (κ1) is 13.6.